The van der Waals surface area contributed by atoms with E-state index in [4.69, 9.17) is 5.73 Å². The zero-order chi connectivity index (χ0) is 18.2. The van der Waals surface area contributed by atoms with Crippen molar-refractivity contribution in [3.8, 4) is 0 Å². The highest BCUT2D eigenvalue weighted by molar-refractivity contribution is 6.01. The second kappa shape index (κ2) is 8.34. The SMILES string of the molecule is CC(NC(N)=O)C(=O)Nc1cccc(NC(=O)Nc2ccccc2)c1. The molecule has 0 spiro atoms. The second-order valence-electron chi connectivity index (χ2n) is 5.25. The Morgan fingerprint density at radius 2 is 1.40 bits per heavy atom. The number of amides is 5. The summed E-state index contributed by atoms with van der Waals surface area (Å²) < 4.78 is 0. The van der Waals surface area contributed by atoms with Crippen molar-refractivity contribution in [1.82, 2.24) is 5.32 Å². The molecular formula is C17H19N5O3. The van der Waals surface area contributed by atoms with Gasteiger partial charge in [-0.05, 0) is 37.3 Å². The lowest BCUT2D eigenvalue weighted by Gasteiger charge is -2.13. The molecule has 1 atom stereocenters. The van der Waals surface area contributed by atoms with Crippen LogP contribution >= 0.6 is 0 Å². The van der Waals surface area contributed by atoms with E-state index in [1.54, 1.807) is 36.4 Å². The third-order valence-corrected chi connectivity index (χ3v) is 3.17. The molecule has 0 saturated carbocycles. The van der Waals surface area contributed by atoms with Crippen molar-refractivity contribution < 1.29 is 14.4 Å². The Labute approximate surface area is 144 Å². The predicted molar refractivity (Wildman–Crippen MR) is 96.3 cm³/mol. The first-order valence-corrected chi connectivity index (χ1v) is 7.54. The molecule has 2 aromatic carbocycles. The number of primary amides is 1. The summed E-state index contributed by atoms with van der Waals surface area (Å²) in [5.41, 5.74) is 6.62. The van der Waals surface area contributed by atoms with Crippen molar-refractivity contribution in [2.24, 2.45) is 5.73 Å². The van der Waals surface area contributed by atoms with Crippen LogP contribution in [0.3, 0.4) is 0 Å². The van der Waals surface area contributed by atoms with Gasteiger partial charge in [0.2, 0.25) is 5.91 Å². The highest BCUT2D eigenvalue weighted by Gasteiger charge is 2.14. The van der Waals surface area contributed by atoms with E-state index in [9.17, 15) is 14.4 Å². The Balaban J connectivity index is 1.95. The summed E-state index contributed by atoms with van der Waals surface area (Å²) in [7, 11) is 0. The minimum atomic E-state index is -0.782. The lowest BCUT2D eigenvalue weighted by molar-refractivity contribution is -0.117. The van der Waals surface area contributed by atoms with Crippen LogP contribution in [0.4, 0.5) is 26.7 Å². The number of nitrogens with two attached hydrogens (primary N) is 1. The monoisotopic (exact) mass is 341 g/mol. The zero-order valence-electron chi connectivity index (χ0n) is 13.6. The Bertz CT molecular complexity index is 764. The number of hydrogen-bond acceptors (Lipinski definition) is 3. The van der Waals surface area contributed by atoms with Gasteiger partial charge in [-0.1, -0.05) is 24.3 Å². The number of hydrogen-bond donors (Lipinski definition) is 5. The molecule has 8 heteroatoms. The van der Waals surface area contributed by atoms with E-state index >= 15 is 0 Å². The number of urea groups is 2. The third-order valence-electron chi connectivity index (χ3n) is 3.17. The third kappa shape index (κ3) is 5.87. The molecule has 0 aromatic heterocycles. The molecule has 130 valence electrons. The van der Waals surface area contributed by atoms with Crippen molar-refractivity contribution in [3.05, 3.63) is 54.6 Å². The molecule has 0 fully saturated rings. The minimum absolute atomic E-state index is 0.404. The first-order valence-electron chi connectivity index (χ1n) is 7.54. The van der Waals surface area contributed by atoms with Gasteiger partial charge in [0.1, 0.15) is 6.04 Å². The van der Waals surface area contributed by atoms with Crippen molar-refractivity contribution in [2.75, 3.05) is 16.0 Å². The smallest absolute Gasteiger partial charge is 0.323 e. The Morgan fingerprint density at radius 1 is 0.840 bits per heavy atom. The lowest BCUT2D eigenvalue weighted by atomic mass is 10.2. The van der Waals surface area contributed by atoms with Crippen molar-refractivity contribution in [2.45, 2.75) is 13.0 Å². The fraction of sp³-hybridized carbons (Fsp3) is 0.118. The molecule has 8 nitrogen and oxygen atoms in total. The summed E-state index contributed by atoms with van der Waals surface area (Å²) in [6.45, 7) is 1.51. The van der Waals surface area contributed by atoms with Crippen LogP contribution in [0.15, 0.2) is 54.6 Å². The standard InChI is InChI=1S/C17H19N5O3/c1-11(19-16(18)24)15(23)20-13-8-5-9-14(10-13)22-17(25)21-12-6-3-2-4-7-12/h2-11H,1H3,(H,20,23)(H3,18,19,24)(H2,21,22,25). The maximum absolute atomic E-state index is 12.0. The van der Waals surface area contributed by atoms with Gasteiger partial charge >= 0.3 is 12.1 Å². The molecule has 2 rings (SSSR count). The van der Waals surface area contributed by atoms with E-state index in [2.05, 4.69) is 21.3 Å². The molecule has 1 unspecified atom stereocenters. The Kier molecular flexibility index (Phi) is 5.94. The number of para-hydroxylation sites is 1. The molecule has 0 radical (unpaired) electrons. The number of rotatable bonds is 5. The summed E-state index contributed by atoms with van der Waals surface area (Å²) in [6, 6.07) is 13.7. The molecule has 0 bridgehead atoms. The molecule has 25 heavy (non-hydrogen) atoms. The quantitative estimate of drug-likeness (QED) is 0.573. The maximum atomic E-state index is 12.0. The van der Waals surface area contributed by atoms with E-state index < -0.39 is 24.0 Å². The van der Waals surface area contributed by atoms with E-state index in [0.717, 1.165) is 0 Å². The predicted octanol–water partition coefficient (Wildman–Crippen LogP) is 2.33. The number of benzene rings is 2. The normalized spacial score (nSPS) is 11.1. The van der Waals surface area contributed by atoms with E-state index in [0.29, 0.717) is 17.1 Å². The summed E-state index contributed by atoms with van der Waals surface area (Å²) >= 11 is 0. The van der Waals surface area contributed by atoms with Crippen LogP contribution in [0.5, 0.6) is 0 Å². The average molecular weight is 341 g/mol. The van der Waals surface area contributed by atoms with Crippen LogP contribution in [0.1, 0.15) is 6.92 Å². The fourth-order valence-electron chi connectivity index (χ4n) is 2.02. The lowest BCUT2D eigenvalue weighted by Crippen LogP contribution is -2.44. The largest absolute Gasteiger partial charge is 0.352 e. The summed E-state index contributed by atoms with van der Waals surface area (Å²) in [5.74, 6) is -0.426. The van der Waals surface area contributed by atoms with Crippen LogP contribution in [-0.4, -0.2) is 24.0 Å². The maximum Gasteiger partial charge on any atom is 0.323 e. The molecule has 0 heterocycles. The molecular weight excluding hydrogens is 322 g/mol. The van der Waals surface area contributed by atoms with Gasteiger partial charge in [-0.25, -0.2) is 9.59 Å². The number of nitrogens with one attached hydrogen (secondary N) is 4. The van der Waals surface area contributed by atoms with Crippen LogP contribution in [-0.2, 0) is 4.79 Å². The van der Waals surface area contributed by atoms with Crippen LogP contribution in [0.25, 0.3) is 0 Å². The average Bonchev–Trinajstić information content (AvgIpc) is 2.55. The summed E-state index contributed by atoms with van der Waals surface area (Å²) in [6.07, 6.45) is 0. The van der Waals surface area contributed by atoms with E-state index in [1.807, 2.05) is 18.2 Å². The second-order valence-corrected chi connectivity index (χ2v) is 5.25. The fourth-order valence-corrected chi connectivity index (χ4v) is 2.02. The molecule has 2 aromatic rings. The number of carbonyl (C=O) groups is 3. The number of carbonyl (C=O) groups excluding carboxylic acids is 3. The van der Waals surface area contributed by atoms with E-state index in [-0.39, 0.29) is 0 Å². The molecule has 0 aliphatic rings. The first kappa shape index (κ1) is 17.8. The van der Waals surface area contributed by atoms with Crippen LogP contribution in [0.2, 0.25) is 0 Å². The van der Waals surface area contributed by atoms with Gasteiger partial charge in [0.15, 0.2) is 0 Å². The van der Waals surface area contributed by atoms with Crippen molar-refractivity contribution in [3.63, 3.8) is 0 Å². The highest BCUT2D eigenvalue weighted by atomic mass is 16.2. The Morgan fingerprint density at radius 3 is 2.04 bits per heavy atom. The van der Waals surface area contributed by atoms with Gasteiger partial charge < -0.3 is 27.0 Å². The Hall–Kier alpha value is -3.55. The van der Waals surface area contributed by atoms with E-state index in [1.165, 1.54) is 6.92 Å². The summed E-state index contributed by atoms with van der Waals surface area (Å²) in [5, 5.41) is 10.3. The van der Waals surface area contributed by atoms with Gasteiger partial charge in [-0.2, -0.15) is 0 Å². The number of anilines is 3. The first-order chi connectivity index (χ1) is 11.9. The van der Waals surface area contributed by atoms with Gasteiger partial charge in [0.25, 0.3) is 0 Å². The van der Waals surface area contributed by atoms with Crippen molar-refractivity contribution >= 4 is 35.0 Å². The van der Waals surface area contributed by atoms with Gasteiger partial charge in [-0.15, -0.1) is 0 Å². The van der Waals surface area contributed by atoms with Gasteiger partial charge in [-0.3, -0.25) is 4.79 Å². The molecule has 5 amide bonds. The highest BCUT2D eigenvalue weighted by Crippen LogP contribution is 2.16. The molecule has 0 aliphatic heterocycles. The minimum Gasteiger partial charge on any atom is -0.352 e. The van der Waals surface area contributed by atoms with Gasteiger partial charge in [0, 0.05) is 17.1 Å². The van der Waals surface area contributed by atoms with Crippen LogP contribution < -0.4 is 27.0 Å². The van der Waals surface area contributed by atoms with Crippen LogP contribution in [0, 0.1) is 0 Å². The van der Waals surface area contributed by atoms with Crippen molar-refractivity contribution in [1.29, 1.82) is 0 Å². The molecule has 6 N–H and O–H groups in total. The zero-order valence-corrected chi connectivity index (χ0v) is 13.6. The molecule has 0 saturated heterocycles. The summed E-state index contributed by atoms with van der Waals surface area (Å²) in [4.78, 5) is 34.7. The molecule has 0 aliphatic carbocycles. The topological polar surface area (TPSA) is 125 Å². The van der Waals surface area contributed by atoms with Gasteiger partial charge in [0.05, 0.1) is 0 Å².